The van der Waals surface area contributed by atoms with Gasteiger partial charge in [0.05, 0.1) is 10.5 Å². The van der Waals surface area contributed by atoms with Gasteiger partial charge in [-0.05, 0) is 30.8 Å². The van der Waals surface area contributed by atoms with Crippen molar-refractivity contribution < 1.29 is 4.74 Å². The molecule has 0 aromatic carbocycles. The van der Waals surface area contributed by atoms with E-state index in [1.165, 1.54) is 11.3 Å². The Hall–Kier alpha value is -1.10. The van der Waals surface area contributed by atoms with Crippen LogP contribution in [0.1, 0.15) is 10.6 Å². The summed E-state index contributed by atoms with van der Waals surface area (Å²) in [7, 11) is 0. The van der Waals surface area contributed by atoms with Crippen LogP contribution in [0.25, 0.3) is 0 Å². The molecule has 2 aromatic rings. The molecule has 5 heteroatoms. The molecule has 0 aliphatic carbocycles. The molecule has 0 unspecified atom stereocenters. The summed E-state index contributed by atoms with van der Waals surface area (Å²) in [4.78, 5) is 5.36. The van der Waals surface area contributed by atoms with Gasteiger partial charge < -0.3 is 10.5 Å². The Morgan fingerprint density at radius 1 is 1.29 bits per heavy atom. The van der Waals surface area contributed by atoms with Crippen molar-refractivity contribution in [1.82, 2.24) is 4.98 Å². The Bertz CT molecular complexity index is 470. The van der Waals surface area contributed by atoms with E-state index in [1.807, 2.05) is 24.3 Å². The first-order chi connectivity index (χ1) is 8.28. The zero-order valence-electron chi connectivity index (χ0n) is 9.23. The molecule has 0 fully saturated rings. The van der Waals surface area contributed by atoms with Crippen LogP contribution < -0.4 is 10.5 Å². The van der Waals surface area contributed by atoms with E-state index in [0.29, 0.717) is 13.2 Å². The summed E-state index contributed by atoms with van der Waals surface area (Å²) in [5.41, 5.74) is 6.44. The average Bonchev–Trinajstić information content (AvgIpc) is 2.75. The predicted octanol–water partition coefficient (Wildman–Crippen LogP) is 2.88. The number of pyridine rings is 1. The first-order valence-corrected chi connectivity index (χ1v) is 6.49. The average molecular weight is 269 g/mol. The van der Waals surface area contributed by atoms with Crippen molar-refractivity contribution >= 4 is 22.9 Å². The molecule has 0 atom stereocenters. The zero-order valence-corrected chi connectivity index (χ0v) is 10.8. The van der Waals surface area contributed by atoms with Crippen LogP contribution in [-0.4, -0.2) is 11.5 Å². The molecule has 17 heavy (non-hydrogen) atoms. The summed E-state index contributed by atoms with van der Waals surface area (Å²) < 4.78 is 6.37. The van der Waals surface area contributed by atoms with Crippen molar-refractivity contribution in [2.75, 3.05) is 6.54 Å². The molecule has 2 N–H and O–H groups in total. The Balaban J connectivity index is 1.90. The van der Waals surface area contributed by atoms with Gasteiger partial charge in [-0.15, -0.1) is 11.3 Å². The summed E-state index contributed by atoms with van der Waals surface area (Å²) in [5, 5.41) is 0. The van der Waals surface area contributed by atoms with Gasteiger partial charge in [-0.1, -0.05) is 11.6 Å². The Labute approximate surface area is 109 Å². The number of thiophene rings is 1. The molecule has 2 heterocycles. The molecule has 2 rings (SSSR count). The molecule has 0 aliphatic rings. The molecule has 90 valence electrons. The van der Waals surface area contributed by atoms with Crippen molar-refractivity contribution in [3.8, 4) is 5.75 Å². The third-order valence-corrected chi connectivity index (χ3v) is 3.41. The molecule has 0 aliphatic heterocycles. The minimum Gasteiger partial charge on any atom is -0.486 e. The first-order valence-electron chi connectivity index (χ1n) is 5.30. The molecular weight excluding hydrogens is 256 g/mol. The quantitative estimate of drug-likeness (QED) is 0.907. The van der Waals surface area contributed by atoms with Crippen LogP contribution in [0.15, 0.2) is 30.5 Å². The van der Waals surface area contributed by atoms with Gasteiger partial charge in [-0.2, -0.15) is 0 Å². The summed E-state index contributed by atoms with van der Waals surface area (Å²) in [5.74, 6) is 0.760. The Morgan fingerprint density at radius 2 is 2.18 bits per heavy atom. The van der Waals surface area contributed by atoms with Gasteiger partial charge in [0.15, 0.2) is 0 Å². The summed E-state index contributed by atoms with van der Waals surface area (Å²) in [6.07, 6.45) is 2.51. The minimum atomic E-state index is 0.523. The number of nitrogens with zero attached hydrogens (tertiary/aromatic N) is 1. The molecule has 0 radical (unpaired) electrons. The van der Waals surface area contributed by atoms with E-state index >= 15 is 0 Å². The third kappa shape index (κ3) is 3.70. The van der Waals surface area contributed by atoms with Gasteiger partial charge in [0.25, 0.3) is 0 Å². The van der Waals surface area contributed by atoms with Crippen molar-refractivity contribution in [2.45, 2.75) is 13.0 Å². The second kappa shape index (κ2) is 6.00. The number of ether oxygens (including phenoxy) is 1. The summed E-state index contributed by atoms with van der Waals surface area (Å²) in [6.45, 7) is 1.14. The van der Waals surface area contributed by atoms with Crippen LogP contribution >= 0.6 is 22.9 Å². The smallest absolute Gasteiger partial charge is 0.138 e. The number of halogens is 1. The SMILES string of the molecule is NCCc1ccc(OCc2ccc(Cl)s2)cn1. The fraction of sp³-hybridized carbons (Fsp3) is 0.250. The number of hydrogen-bond acceptors (Lipinski definition) is 4. The Morgan fingerprint density at radius 3 is 2.76 bits per heavy atom. The van der Waals surface area contributed by atoms with Crippen LogP contribution in [-0.2, 0) is 13.0 Å². The van der Waals surface area contributed by atoms with Gasteiger partial charge in [-0.25, -0.2) is 0 Å². The highest BCUT2D eigenvalue weighted by Gasteiger charge is 2.00. The number of hydrogen-bond donors (Lipinski definition) is 1. The van der Waals surface area contributed by atoms with E-state index in [-0.39, 0.29) is 0 Å². The van der Waals surface area contributed by atoms with Gasteiger partial charge in [0.1, 0.15) is 12.4 Å². The van der Waals surface area contributed by atoms with E-state index in [4.69, 9.17) is 22.1 Å². The Kier molecular flexibility index (Phi) is 4.36. The lowest BCUT2D eigenvalue weighted by molar-refractivity contribution is 0.308. The van der Waals surface area contributed by atoms with Gasteiger partial charge in [0.2, 0.25) is 0 Å². The van der Waals surface area contributed by atoms with Crippen LogP contribution in [0, 0.1) is 0 Å². The fourth-order valence-corrected chi connectivity index (χ4v) is 2.38. The second-order valence-electron chi connectivity index (χ2n) is 3.52. The maximum absolute atomic E-state index is 5.84. The van der Waals surface area contributed by atoms with Crippen molar-refractivity contribution in [2.24, 2.45) is 5.73 Å². The maximum atomic E-state index is 5.84. The van der Waals surface area contributed by atoms with Crippen molar-refractivity contribution in [3.05, 3.63) is 45.4 Å². The van der Waals surface area contributed by atoms with Crippen LogP contribution in [0.5, 0.6) is 5.75 Å². The molecule has 0 bridgehead atoms. The monoisotopic (exact) mass is 268 g/mol. The fourth-order valence-electron chi connectivity index (χ4n) is 1.38. The molecule has 0 amide bonds. The van der Waals surface area contributed by atoms with E-state index < -0.39 is 0 Å². The van der Waals surface area contributed by atoms with Gasteiger partial charge in [0, 0.05) is 17.0 Å². The van der Waals surface area contributed by atoms with E-state index in [9.17, 15) is 0 Å². The van der Waals surface area contributed by atoms with Crippen LogP contribution in [0.3, 0.4) is 0 Å². The summed E-state index contributed by atoms with van der Waals surface area (Å²) in [6, 6.07) is 7.67. The van der Waals surface area contributed by atoms with Crippen molar-refractivity contribution in [3.63, 3.8) is 0 Å². The van der Waals surface area contributed by atoms with Gasteiger partial charge in [-0.3, -0.25) is 4.98 Å². The second-order valence-corrected chi connectivity index (χ2v) is 5.32. The molecular formula is C12H13ClN2OS. The van der Waals surface area contributed by atoms with Crippen molar-refractivity contribution in [1.29, 1.82) is 0 Å². The zero-order chi connectivity index (χ0) is 12.1. The first kappa shape index (κ1) is 12.4. The number of nitrogens with two attached hydrogens (primary N) is 1. The topological polar surface area (TPSA) is 48.1 Å². The summed E-state index contributed by atoms with van der Waals surface area (Å²) >= 11 is 7.36. The molecule has 2 aromatic heterocycles. The minimum absolute atomic E-state index is 0.523. The predicted molar refractivity (Wildman–Crippen MR) is 70.7 cm³/mol. The number of rotatable bonds is 5. The lowest BCUT2D eigenvalue weighted by Crippen LogP contribution is -2.04. The standard InChI is InChI=1S/C12H13ClN2OS/c13-12-4-3-11(17-12)8-16-10-2-1-9(5-6-14)15-7-10/h1-4,7H,5-6,8,14H2. The van der Waals surface area contributed by atoms with Crippen LogP contribution in [0.2, 0.25) is 4.34 Å². The third-order valence-electron chi connectivity index (χ3n) is 2.21. The highest BCUT2D eigenvalue weighted by molar-refractivity contribution is 7.16. The highest BCUT2D eigenvalue weighted by Crippen LogP contribution is 2.22. The van der Waals surface area contributed by atoms with E-state index in [1.54, 1.807) is 6.20 Å². The largest absolute Gasteiger partial charge is 0.486 e. The molecule has 3 nitrogen and oxygen atoms in total. The van der Waals surface area contributed by atoms with Gasteiger partial charge >= 0.3 is 0 Å². The lowest BCUT2D eigenvalue weighted by atomic mass is 10.3. The molecule has 0 saturated carbocycles. The highest BCUT2D eigenvalue weighted by atomic mass is 35.5. The van der Waals surface area contributed by atoms with E-state index in [2.05, 4.69) is 4.98 Å². The lowest BCUT2D eigenvalue weighted by Gasteiger charge is -2.04. The number of aromatic nitrogens is 1. The van der Waals surface area contributed by atoms with E-state index in [0.717, 1.165) is 27.1 Å². The molecule has 0 spiro atoms. The molecule has 0 saturated heterocycles. The van der Waals surface area contributed by atoms with Crippen LogP contribution in [0.4, 0.5) is 0 Å². The normalized spacial score (nSPS) is 10.5. The maximum Gasteiger partial charge on any atom is 0.138 e.